The Morgan fingerprint density at radius 3 is 0.810 bits per heavy atom. The molecule has 2 aromatic rings. The van der Waals surface area contributed by atoms with Crippen LogP contribution in [0.15, 0.2) is 48.5 Å². The van der Waals surface area contributed by atoms with Crippen LogP contribution in [0.25, 0.3) is 0 Å². The van der Waals surface area contributed by atoms with Gasteiger partial charge in [-0.1, -0.05) is 11.1 Å². The van der Waals surface area contributed by atoms with E-state index in [1.807, 2.05) is 0 Å². The van der Waals surface area contributed by atoms with Crippen molar-refractivity contribution in [3.8, 4) is 0 Å². The fourth-order valence-corrected chi connectivity index (χ4v) is 1.13. The first kappa shape index (κ1) is 25.7. The van der Waals surface area contributed by atoms with Gasteiger partial charge >= 0.3 is 38.6 Å². The Morgan fingerprint density at radius 2 is 0.714 bits per heavy atom. The Bertz CT molecular complexity index is 401. The molecule has 0 saturated heterocycles. The minimum absolute atomic E-state index is 0. The second kappa shape index (κ2) is 10.5. The Morgan fingerprint density at radius 1 is 0.524 bits per heavy atom. The van der Waals surface area contributed by atoms with E-state index >= 15 is 0 Å². The Kier molecular flexibility index (Phi) is 12.8. The minimum Gasteiger partial charge on any atom is -1.00 e. The van der Waals surface area contributed by atoms with Gasteiger partial charge in [-0.05, 0) is 0 Å². The van der Waals surface area contributed by atoms with E-state index in [1.54, 1.807) is 0 Å². The van der Waals surface area contributed by atoms with Crippen molar-refractivity contribution in [3.05, 3.63) is 59.7 Å². The molecule has 0 spiro atoms. The summed E-state index contributed by atoms with van der Waals surface area (Å²) < 4.78 is 69.7. The van der Waals surface area contributed by atoms with Crippen LogP contribution in [0.1, 0.15) is 11.1 Å². The minimum atomic E-state index is -4.18. The third-order valence-electron chi connectivity index (χ3n) is 1.98. The van der Waals surface area contributed by atoms with Crippen molar-refractivity contribution in [1.82, 2.24) is 0 Å². The zero-order chi connectivity index (χ0) is 13.8. The van der Waals surface area contributed by atoms with Crippen molar-refractivity contribution in [3.63, 3.8) is 0 Å². The van der Waals surface area contributed by atoms with Crippen molar-refractivity contribution < 1.29 is 77.4 Å². The molecule has 0 heterocycles. The molecule has 0 saturated carbocycles. The smallest absolute Gasteiger partial charge is 1.00 e. The molecule has 0 aliphatic carbocycles. The molecule has 0 aliphatic rings. The molecule has 2 aromatic carbocycles. The maximum Gasteiger partial charge on any atom is 4.00 e. The Labute approximate surface area is 149 Å². The van der Waals surface area contributed by atoms with Crippen molar-refractivity contribution in [2.45, 2.75) is 12.4 Å². The summed E-state index contributed by atoms with van der Waals surface area (Å²) in [6.07, 6.45) is -8.35. The molecule has 116 valence electrons. The average Bonchev–Trinajstić information content (AvgIpc) is 2.91. The van der Waals surface area contributed by atoms with Gasteiger partial charge in [-0.25, -0.2) is 24.3 Å². The molecule has 0 nitrogen and oxygen atoms in total. The van der Waals surface area contributed by atoms with Crippen LogP contribution in [0.2, 0.25) is 0 Å². The zero-order valence-corrected chi connectivity index (χ0v) is 14.1. The van der Waals surface area contributed by atoms with Crippen molar-refractivity contribution in [2.75, 3.05) is 0 Å². The first-order chi connectivity index (χ1) is 8.21. The van der Waals surface area contributed by atoms with E-state index in [-0.39, 0.29) is 51.0 Å². The van der Waals surface area contributed by atoms with E-state index in [4.69, 9.17) is 0 Å². The van der Waals surface area contributed by atoms with E-state index in [1.165, 1.54) is 24.3 Å². The number of hydrogen-bond acceptors (Lipinski definition) is 0. The Hall–Kier alpha value is -0.257. The van der Waals surface area contributed by atoms with Crippen molar-refractivity contribution in [2.24, 2.45) is 0 Å². The molecule has 0 fully saturated rings. The van der Waals surface area contributed by atoms with Gasteiger partial charge in [-0.2, -0.15) is 50.6 Å². The molecule has 0 unspecified atom stereocenters. The van der Waals surface area contributed by atoms with E-state index in [0.717, 1.165) is 24.3 Å². The number of alkyl halides is 6. The monoisotopic (exact) mass is 426 g/mol. The number of halogens is 8. The van der Waals surface area contributed by atoms with Gasteiger partial charge in [0.05, 0.1) is 0 Å². The maximum absolute atomic E-state index is 11.6. The van der Waals surface area contributed by atoms with Crippen LogP contribution in [0.5, 0.6) is 0 Å². The first-order valence-electron chi connectivity index (χ1n) is 4.79. The van der Waals surface area contributed by atoms with Crippen LogP contribution in [0.4, 0.5) is 26.3 Å². The second-order valence-electron chi connectivity index (χ2n) is 3.34. The summed E-state index contributed by atoms with van der Waals surface area (Å²) in [6.45, 7) is 0. The first-order valence-corrected chi connectivity index (χ1v) is 4.79. The maximum atomic E-state index is 11.6. The molecule has 2 rings (SSSR count). The molecule has 9 heteroatoms. The molecule has 0 bridgehead atoms. The van der Waals surface area contributed by atoms with Crippen LogP contribution in [-0.4, -0.2) is 0 Å². The third kappa shape index (κ3) is 9.38. The predicted octanol–water partition coefficient (Wildman–Crippen LogP) is -1.15. The summed E-state index contributed by atoms with van der Waals surface area (Å²) in [4.78, 5) is 0. The molecule has 0 amide bonds. The van der Waals surface area contributed by atoms with Gasteiger partial charge < -0.3 is 24.8 Å². The van der Waals surface area contributed by atoms with Gasteiger partial charge in [-0.15, -0.1) is 0 Å². The van der Waals surface area contributed by atoms with E-state index in [0.29, 0.717) is 0 Å². The quantitative estimate of drug-likeness (QED) is 0.368. The van der Waals surface area contributed by atoms with Crippen molar-refractivity contribution >= 4 is 0 Å². The molecule has 0 aromatic heterocycles. The van der Waals surface area contributed by atoms with Gasteiger partial charge in [0.1, 0.15) is 0 Å². The van der Waals surface area contributed by atoms with E-state index in [9.17, 15) is 26.3 Å². The number of rotatable bonds is 0. The third-order valence-corrected chi connectivity index (χ3v) is 1.98. The molecule has 0 N–H and O–H groups in total. The van der Waals surface area contributed by atoms with E-state index in [2.05, 4.69) is 0 Å². The standard InChI is InChI=1S/2C6H4F3.2ClH.Zr/c2*7-6(8,9)5-3-1-2-4-5;;;/h2*1-4H;2*1H;/q2*-1;;;+4/p-2. The van der Waals surface area contributed by atoms with Gasteiger partial charge in [0.2, 0.25) is 0 Å². The van der Waals surface area contributed by atoms with Crippen LogP contribution in [-0.2, 0) is 38.6 Å². The fourth-order valence-electron chi connectivity index (χ4n) is 1.13. The van der Waals surface area contributed by atoms with Gasteiger partial charge in [0.15, 0.2) is 0 Å². The predicted molar refractivity (Wildman–Crippen MR) is 54.1 cm³/mol. The van der Waals surface area contributed by atoms with Crippen LogP contribution >= 0.6 is 0 Å². The molecule has 0 radical (unpaired) electrons. The molecule has 0 aliphatic heterocycles. The fraction of sp³-hybridized carbons (Fsp3) is 0.167. The topological polar surface area (TPSA) is 0 Å². The SMILES string of the molecule is FC(F)(F)[c-]1cccc1.FC(F)(F)[c-]1cccc1.[Cl-].[Cl-].[Zr+4]. The largest absolute Gasteiger partial charge is 4.00 e. The summed E-state index contributed by atoms with van der Waals surface area (Å²) in [7, 11) is 0. The molecule has 21 heavy (non-hydrogen) atoms. The van der Waals surface area contributed by atoms with E-state index < -0.39 is 23.5 Å². The van der Waals surface area contributed by atoms with Gasteiger partial charge in [0, 0.05) is 0 Å². The normalized spacial score (nSPS) is 10.2. The van der Waals surface area contributed by atoms with Gasteiger partial charge in [-0.3, -0.25) is 0 Å². The molecular formula is C12H8Cl2F6Zr. The summed E-state index contributed by atoms with van der Waals surface area (Å²) >= 11 is 0. The second-order valence-corrected chi connectivity index (χ2v) is 3.34. The van der Waals surface area contributed by atoms with Crippen molar-refractivity contribution in [1.29, 1.82) is 0 Å². The van der Waals surface area contributed by atoms with Gasteiger partial charge in [0.25, 0.3) is 0 Å². The summed E-state index contributed by atoms with van der Waals surface area (Å²) in [5, 5.41) is 0. The summed E-state index contributed by atoms with van der Waals surface area (Å²) in [5.41, 5.74) is -1.16. The average molecular weight is 428 g/mol. The molecular weight excluding hydrogens is 420 g/mol. The molecule has 0 atom stereocenters. The zero-order valence-electron chi connectivity index (χ0n) is 10.1. The Balaban J connectivity index is -0.000000270. The van der Waals surface area contributed by atoms with Crippen LogP contribution in [0.3, 0.4) is 0 Å². The van der Waals surface area contributed by atoms with Crippen LogP contribution in [0, 0.1) is 0 Å². The number of hydrogen-bond donors (Lipinski definition) is 0. The summed E-state index contributed by atoms with van der Waals surface area (Å²) in [6, 6.07) is 9.62. The summed E-state index contributed by atoms with van der Waals surface area (Å²) in [5.74, 6) is 0. The van der Waals surface area contributed by atoms with Crippen LogP contribution < -0.4 is 24.8 Å².